The van der Waals surface area contributed by atoms with Crippen LogP contribution in [-0.4, -0.2) is 59.2 Å². The lowest BCUT2D eigenvalue weighted by Gasteiger charge is -2.27. The van der Waals surface area contributed by atoms with Gasteiger partial charge in [0.2, 0.25) is 11.9 Å². The van der Waals surface area contributed by atoms with Gasteiger partial charge in [-0.05, 0) is 38.0 Å². The molecule has 1 aliphatic carbocycles. The van der Waals surface area contributed by atoms with Gasteiger partial charge < -0.3 is 14.5 Å². The lowest BCUT2D eigenvalue weighted by molar-refractivity contribution is -0.135. The van der Waals surface area contributed by atoms with Crippen LogP contribution >= 0.6 is 0 Å². The molecule has 1 aromatic rings. The Labute approximate surface area is 163 Å². The molecule has 0 unspecified atom stereocenters. The zero-order chi connectivity index (χ0) is 18.8. The van der Waals surface area contributed by atoms with Gasteiger partial charge in [0.05, 0.1) is 23.8 Å². The maximum atomic E-state index is 13.2. The average molecular weight is 382 g/mol. The second-order valence-corrected chi connectivity index (χ2v) is 8.96. The van der Waals surface area contributed by atoms with Gasteiger partial charge in [-0.15, -0.1) is 0 Å². The number of rotatable bonds is 2. The molecule has 2 bridgehead atoms. The molecule has 0 radical (unpaired) electrons. The van der Waals surface area contributed by atoms with E-state index in [9.17, 15) is 9.59 Å². The molecule has 0 aromatic carbocycles. The van der Waals surface area contributed by atoms with Crippen LogP contribution in [0.15, 0.2) is 16.9 Å². The first-order chi connectivity index (χ1) is 13.7. The molecular formula is C21H26N4O3. The van der Waals surface area contributed by atoms with Crippen molar-refractivity contribution in [1.82, 2.24) is 14.9 Å². The van der Waals surface area contributed by atoms with E-state index in [4.69, 9.17) is 9.72 Å². The fraction of sp³-hybridized carbons (Fsp3) is 0.667. The van der Waals surface area contributed by atoms with E-state index >= 15 is 0 Å². The van der Waals surface area contributed by atoms with Crippen LogP contribution in [0.1, 0.15) is 42.9 Å². The minimum Gasteiger partial charge on any atom is -0.366 e. The highest BCUT2D eigenvalue weighted by Crippen LogP contribution is 2.42. The van der Waals surface area contributed by atoms with E-state index in [-0.39, 0.29) is 35.5 Å². The number of hydrogen-bond acceptors (Lipinski definition) is 5. The third-order valence-electron chi connectivity index (χ3n) is 7.36. The van der Waals surface area contributed by atoms with E-state index < -0.39 is 0 Å². The summed E-state index contributed by atoms with van der Waals surface area (Å²) < 4.78 is 5.81. The van der Waals surface area contributed by atoms with Gasteiger partial charge in [-0.1, -0.05) is 12.2 Å². The fourth-order valence-electron chi connectivity index (χ4n) is 5.86. The molecule has 1 aromatic heterocycles. The first-order valence-electron chi connectivity index (χ1n) is 10.7. The highest BCUT2D eigenvalue weighted by Gasteiger charge is 2.47. The van der Waals surface area contributed by atoms with Crippen molar-refractivity contribution in [3.05, 3.63) is 33.8 Å². The minimum atomic E-state index is -0.0462. The molecule has 3 fully saturated rings. The third-order valence-corrected chi connectivity index (χ3v) is 7.36. The van der Waals surface area contributed by atoms with Gasteiger partial charge in [0.25, 0.3) is 5.56 Å². The second kappa shape index (κ2) is 6.17. The van der Waals surface area contributed by atoms with Crippen molar-refractivity contribution >= 4 is 11.9 Å². The lowest BCUT2D eigenvalue weighted by Crippen LogP contribution is -2.38. The van der Waals surface area contributed by atoms with Crippen molar-refractivity contribution in [2.75, 3.05) is 31.1 Å². The molecule has 28 heavy (non-hydrogen) atoms. The Hall–Kier alpha value is -2.15. The Morgan fingerprint density at radius 2 is 2.07 bits per heavy atom. The number of hydrogen-bond donors (Lipinski definition) is 1. The summed E-state index contributed by atoms with van der Waals surface area (Å²) >= 11 is 0. The first-order valence-corrected chi connectivity index (χ1v) is 10.7. The minimum absolute atomic E-state index is 0.0155. The summed E-state index contributed by atoms with van der Waals surface area (Å²) in [5.74, 6) is 1.50. The number of ether oxygens (including phenoxy) is 1. The highest BCUT2D eigenvalue weighted by molar-refractivity contribution is 5.81. The van der Waals surface area contributed by atoms with Crippen molar-refractivity contribution in [2.45, 2.75) is 50.2 Å². The van der Waals surface area contributed by atoms with Crippen LogP contribution in [0.5, 0.6) is 0 Å². The van der Waals surface area contributed by atoms with Crippen molar-refractivity contribution < 1.29 is 9.53 Å². The fourth-order valence-corrected chi connectivity index (χ4v) is 5.86. The van der Waals surface area contributed by atoms with Gasteiger partial charge in [-0.2, -0.15) is 0 Å². The van der Waals surface area contributed by atoms with Crippen LogP contribution in [0.2, 0.25) is 0 Å². The number of amides is 1. The summed E-state index contributed by atoms with van der Waals surface area (Å²) in [4.78, 5) is 38.0. The summed E-state index contributed by atoms with van der Waals surface area (Å²) in [6, 6.07) is 0. The zero-order valence-electron chi connectivity index (χ0n) is 16.0. The zero-order valence-corrected chi connectivity index (χ0v) is 16.0. The van der Waals surface area contributed by atoms with Crippen molar-refractivity contribution in [1.29, 1.82) is 0 Å². The molecule has 7 nitrogen and oxygen atoms in total. The van der Waals surface area contributed by atoms with Crippen LogP contribution in [0.4, 0.5) is 5.95 Å². The summed E-state index contributed by atoms with van der Waals surface area (Å²) in [6.07, 6.45) is 9.01. The van der Waals surface area contributed by atoms with Crippen LogP contribution in [-0.2, 0) is 16.0 Å². The number of H-pyrrole nitrogens is 1. The number of carbonyl (C=O) groups excluding carboxylic acids is 1. The van der Waals surface area contributed by atoms with Crippen molar-refractivity contribution in [3.63, 3.8) is 0 Å². The smallest absolute Gasteiger partial charge is 0.255 e. The number of likely N-dealkylation sites (tertiary alicyclic amines) is 1. The van der Waals surface area contributed by atoms with Crippen molar-refractivity contribution in [3.8, 4) is 0 Å². The van der Waals surface area contributed by atoms with E-state index in [0.29, 0.717) is 12.5 Å². The van der Waals surface area contributed by atoms with E-state index in [2.05, 4.69) is 16.0 Å². The SMILES string of the molecule is O=C([C@H]1C[C@H]2C=C[C@H]1O2)N1C[C@H]2CCc3c(nc(N4CCCC4)[nH]c3=O)[C@H]2C1. The van der Waals surface area contributed by atoms with Crippen LogP contribution in [0.3, 0.4) is 0 Å². The number of nitrogens with zero attached hydrogens (tertiary/aromatic N) is 3. The Morgan fingerprint density at radius 1 is 1.21 bits per heavy atom. The molecular weight excluding hydrogens is 356 g/mol. The molecule has 5 atom stereocenters. The monoisotopic (exact) mass is 382 g/mol. The van der Waals surface area contributed by atoms with Gasteiger partial charge in [0.1, 0.15) is 0 Å². The molecule has 148 valence electrons. The van der Waals surface area contributed by atoms with Gasteiger partial charge >= 0.3 is 0 Å². The molecule has 7 heteroatoms. The predicted octanol–water partition coefficient (Wildman–Crippen LogP) is 1.20. The molecule has 4 aliphatic heterocycles. The number of anilines is 1. The summed E-state index contributed by atoms with van der Waals surface area (Å²) in [6.45, 7) is 3.38. The van der Waals surface area contributed by atoms with Crippen LogP contribution in [0.25, 0.3) is 0 Å². The standard InChI is InChI=1S/C21H26N4O3/c26-19-14-5-3-12-10-25(20(27)15-9-13-4-6-17(15)28-13)11-16(12)18(14)22-21(23-19)24-7-1-2-8-24/h4,6,12-13,15-17H,1-3,5,7-11H2,(H,22,23,26)/t12-,13-,15+,16+,17-/m1/s1. The average Bonchev–Trinajstić information content (AvgIpc) is 3.50. The Morgan fingerprint density at radius 3 is 2.82 bits per heavy atom. The number of aromatic nitrogens is 2. The molecule has 0 saturated carbocycles. The molecule has 5 aliphatic rings. The molecule has 1 amide bonds. The maximum Gasteiger partial charge on any atom is 0.255 e. The van der Waals surface area contributed by atoms with E-state index in [1.165, 1.54) is 0 Å². The summed E-state index contributed by atoms with van der Waals surface area (Å²) in [5, 5.41) is 0. The molecule has 6 rings (SSSR count). The molecule has 0 spiro atoms. The number of fused-ring (bicyclic) bond motifs is 5. The molecule has 1 N–H and O–H groups in total. The molecule has 3 saturated heterocycles. The number of carbonyl (C=O) groups is 1. The number of aromatic amines is 1. The normalized spacial score (nSPS) is 35.5. The Bertz CT molecular complexity index is 903. The van der Waals surface area contributed by atoms with Gasteiger partial charge in [0, 0.05) is 37.7 Å². The topological polar surface area (TPSA) is 78.5 Å². The van der Waals surface area contributed by atoms with E-state index in [0.717, 1.165) is 68.9 Å². The van der Waals surface area contributed by atoms with Crippen LogP contribution < -0.4 is 10.5 Å². The first kappa shape index (κ1) is 16.8. The van der Waals surface area contributed by atoms with Gasteiger partial charge in [-0.3, -0.25) is 14.6 Å². The Balaban J connectivity index is 1.27. The number of nitrogens with one attached hydrogen (secondary N) is 1. The third kappa shape index (κ3) is 2.48. The Kier molecular flexibility index (Phi) is 3.70. The van der Waals surface area contributed by atoms with Crippen molar-refractivity contribution in [2.24, 2.45) is 11.8 Å². The van der Waals surface area contributed by atoms with Gasteiger partial charge in [-0.25, -0.2) is 4.98 Å². The van der Waals surface area contributed by atoms with E-state index in [1.54, 1.807) is 0 Å². The predicted molar refractivity (Wildman–Crippen MR) is 103 cm³/mol. The largest absolute Gasteiger partial charge is 0.366 e. The van der Waals surface area contributed by atoms with Crippen LogP contribution in [0, 0.1) is 11.8 Å². The van der Waals surface area contributed by atoms with E-state index in [1.807, 2.05) is 11.0 Å². The quantitative estimate of drug-likeness (QED) is 0.778. The second-order valence-electron chi connectivity index (χ2n) is 8.96. The summed E-state index contributed by atoms with van der Waals surface area (Å²) in [5.41, 5.74) is 1.80. The molecule has 5 heterocycles. The maximum absolute atomic E-state index is 13.2. The summed E-state index contributed by atoms with van der Waals surface area (Å²) in [7, 11) is 0. The highest BCUT2D eigenvalue weighted by atomic mass is 16.5. The lowest BCUT2D eigenvalue weighted by atomic mass is 9.80. The van der Waals surface area contributed by atoms with Gasteiger partial charge in [0.15, 0.2) is 0 Å².